The van der Waals surface area contributed by atoms with Gasteiger partial charge in [-0.1, -0.05) is 206 Å². The van der Waals surface area contributed by atoms with E-state index in [1.807, 2.05) is 0 Å². The second kappa shape index (κ2) is 40.0. The first-order valence-corrected chi connectivity index (χ1v) is 27.7. The van der Waals surface area contributed by atoms with Crippen LogP contribution in [0.1, 0.15) is 239 Å². The van der Waals surface area contributed by atoms with Gasteiger partial charge in [0.2, 0.25) is 5.91 Å². The number of carbonyl (C=O) groups is 1. The maximum absolute atomic E-state index is 13.1. The summed E-state index contributed by atoms with van der Waals surface area (Å²) in [6.07, 6.45) is 29.7. The molecule has 0 bridgehead atoms. The Bertz CT molecular complexity index is 1150. The third kappa shape index (κ3) is 31.2. The van der Waals surface area contributed by atoms with Gasteiger partial charge in [0.15, 0.2) is 0 Å². The van der Waals surface area contributed by atoms with Crippen LogP contribution in [0.25, 0.3) is 0 Å². The molecule has 0 saturated heterocycles. The van der Waals surface area contributed by atoms with E-state index >= 15 is 0 Å². The number of unbranched alkanes of at least 4 members (excludes halogenated alkanes) is 29. The van der Waals surface area contributed by atoms with E-state index in [-0.39, 0.29) is 12.8 Å². The van der Waals surface area contributed by atoms with Crippen LogP contribution in [0.2, 0.25) is 0 Å². The summed E-state index contributed by atoms with van der Waals surface area (Å²) in [5, 5.41) is 74.8. The molecular weight excluding hydrogens is 838 g/mol. The van der Waals surface area contributed by atoms with Gasteiger partial charge < -0.3 is 46.0 Å². The molecule has 1 rings (SSSR count). The Labute approximate surface area is 389 Å². The molecular formula is C50H98NO12P. The molecule has 0 aliphatic heterocycles. The summed E-state index contributed by atoms with van der Waals surface area (Å²) in [6, 6.07) is -1.15. The van der Waals surface area contributed by atoms with E-state index in [2.05, 4.69) is 31.3 Å². The zero-order valence-electron chi connectivity index (χ0n) is 40.5. The fourth-order valence-electron chi connectivity index (χ4n) is 8.59. The molecule has 380 valence electrons. The standard InChI is InChI=1S/C50H98NO12P/c1-3-5-7-9-11-13-15-17-19-20-21-22-23-24-25-27-29-31-33-35-37-41(52)39-44(54)51-42(40-62-64(60,61)63-50-48(58)46(56)45(55)47(57)49(50)59)43(53)38-36-34-32-30-28-26-18-16-14-12-10-8-6-4-2/h23-24,41-43,45-50,52-53,55-59H,3-22,25-40H2,1-2H3,(H,51,54)(H,60,61)/b24-23-. The first-order valence-electron chi connectivity index (χ1n) is 26.2. The van der Waals surface area contributed by atoms with E-state index in [0.29, 0.717) is 12.8 Å². The van der Waals surface area contributed by atoms with Crippen LogP contribution in [-0.2, 0) is 18.4 Å². The van der Waals surface area contributed by atoms with Gasteiger partial charge in [0.1, 0.15) is 36.6 Å². The summed E-state index contributed by atoms with van der Waals surface area (Å²) in [4.78, 5) is 23.5. The zero-order chi connectivity index (χ0) is 47.3. The van der Waals surface area contributed by atoms with Crippen molar-refractivity contribution in [3.8, 4) is 0 Å². The lowest BCUT2D eigenvalue weighted by Crippen LogP contribution is -2.64. The third-order valence-electron chi connectivity index (χ3n) is 12.9. The molecule has 1 fully saturated rings. The highest BCUT2D eigenvalue weighted by Crippen LogP contribution is 2.47. The van der Waals surface area contributed by atoms with Crippen molar-refractivity contribution in [3.05, 3.63) is 12.2 Å². The molecule has 1 amide bonds. The first-order chi connectivity index (χ1) is 30.8. The van der Waals surface area contributed by atoms with Gasteiger partial charge in [0, 0.05) is 0 Å². The molecule has 0 aromatic rings. The molecule has 8 atom stereocenters. The molecule has 0 heterocycles. The molecule has 1 aliphatic rings. The fourth-order valence-corrected chi connectivity index (χ4v) is 9.56. The van der Waals surface area contributed by atoms with Crippen LogP contribution in [0, 0.1) is 0 Å². The third-order valence-corrected chi connectivity index (χ3v) is 13.9. The van der Waals surface area contributed by atoms with Gasteiger partial charge >= 0.3 is 7.82 Å². The predicted molar refractivity (Wildman–Crippen MR) is 257 cm³/mol. The topological polar surface area (TPSA) is 226 Å². The Hall–Kier alpha value is -0.960. The Balaban J connectivity index is 2.43. The van der Waals surface area contributed by atoms with Crippen LogP contribution < -0.4 is 5.32 Å². The van der Waals surface area contributed by atoms with Gasteiger partial charge in [-0.25, -0.2) is 4.57 Å². The minimum atomic E-state index is -5.12. The molecule has 0 radical (unpaired) electrons. The van der Waals surface area contributed by atoms with E-state index < -0.39 is 75.2 Å². The Morgan fingerprint density at radius 2 is 0.875 bits per heavy atom. The van der Waals surface area contributed by atoms with E-state index in [1.54, 1.807) is 0 Å². The summed E-state index contributed by atoms with van der Waals surface area (Å²) < 4.78 is 23.0. The number of rotatable bonds is 44. The Morgan fingerprint density at radius 1 is 0.531 bits per heavy atom. The number of amides is 1. The van der Waals surface area contributed by atoms with Crippen molar-refractivity contribution in [2.45, 2.75) is 293 Å². The summed E-state index contributed by atoms with van der Waals surface area (Å²) in [5.74, 6) is -0.562. The Kier molecular flexibility index (Phi) is 38.1. The highest BCUT2D eigenvalue weighted by molar-refractivity contribution is 7.47. The summed E-state index contributed by atoms with van der Waals surface area (Å²) >= 11 is 0. The minimum absolute atomic E-state index is 0.224. The smallest absolute Gasteiger partial charge is 0.393 e. The summed E-state index contributed by atoms with van der Waals surface area (Å²) in [7, 11) is -5.12. The number of aliphatic hydroxyl groups excluding tert-OH is 7. The quantitative estimate of drug-likeness (QED) is 0.0158. The Morgan fingerprint density at radius 3 is 1.28 bits per heavy atom. The maximum atomic E-state index is 13.1. The van der Waals surface area contributed by atoms with Gasteiger partial charge in [-0.3, -0.25) is 13.8 Å². The second-order valence-electron chi connectivity index (χ2n) is 18.9. The highest BCUT2D eigenvalue weighted by Gasteiger charge is 2.51. The van der Waals surface area contributed by atoms with Gasteiger partial charge in [0.05, 0.1) is 31.3 Å². The number of aliphatic hydroxyl groups is 7. The van der Waals surface area contributed by atoms with Crippen LogP contribution in [0.4, 0.5) is 0 Å². The molecule has 14 heteroatoms. The normalized spacial score (nSPS) is 22.7. The highest BCUT2D eigenvalue weighted by atomic mass is 31.2. The van der Waals surface area contributed by atoms with Crippen LogP contribution in [0.5, 0.6) is 0 Å². The zero-order valence-corrected chi connectivity index (χ0v) is 41.4. The monoisotopic (exact) mass is 936 g/mol. The SMILES string of the molecule is CCCCCCCCCCCCC/C=C\CCCCCCCC(O)CC(=O)NC(COP(=O)(O)OC1C(O)C(O)C(O)C(O)C1O)C(O)CCCCCCCCCCCCCCCC. The molecule has 0 spiro atoms. The molecule has 1 aliphatic carbocycles. The van der Waals surface area contributed by atoms with E-state index in [9.17, 15) is 50.0 Å². The number of phosphoric ester groups is 1. The van der Waals surface area contributed by atoms with Crippen molar-refractivity contribution in [1.29, 1.82) is 0 Å². The van der Waals surface area contributed by atoms with Gasteiger partial charge in [-0.15, -0.1) is 0 Å². The lowest BCUT2D eigenvalue weighted by molar-refractivity contribution is -0.220. The average Bonchev–Trinajstić information content (AvgIpc) is 3.27. The van der Waals surface area contributed by atoms with Crippen LogP contribution in [-0.4, -0.2) is 108 Å². The number of nitrogens with one attached hydrogen (secondary N) is 1. The van der Waals surface area contributed by atoms with E-state index in [4.69, 9.17) is 9.05 Å². The van der Waals surface area contributed by atoms with Crippen LogP contribution in [0.15, 0.2) is 12.2 Å². The molecule has 1 saturated carbocycles. The first kappa shape index (κ1) is 61.1. The number of phosphoric acid groups is 1. The second-order valence-corrected chi connectivity index (χ2v) is 20.3. The molecule has 64 heavy (non-hydrogen) atoms. The van der Waals surface area contributed by atoms with Crippen LogP contribution in [0.3, 0.4) is 0 Å². The number of allylic oxidation sites excluding steroid dienone is 2. The predicted octanol–water partition coefficient (Wildman–Crippen LogP) is 9.76. The fraction of sp³-hybridized carbons (Fsp3) is 0.940. The maximum Gasteiger partial charge on any atom is 0.472 e. The van der Waals surface area contributed by atoms with Crippen molar-refractivity contribution in [1.82, 2.24) is 5.32 Å². The number of carbonyl (C=O) groups excluding carboxylic acids is 1. The van der Waals surface area contributed by atoms with Crippen molar-refractivity contribution in [2.75, 3.05) is 6.61 Å². The van der Waals surface area contributed by atoms with Crippen LogP contribution >= 0.6 is 7.82 Å². The van der Waals surface area contributed by atoms with E-state index in [1.165, 1.54) is 128 Å². The molecule has 13 nitrogen and oxygen atoms in total. The van der Waals surface area contributed by atoms with E-state index in [0.717, 1.165) is 70.6 Å². The molecule has 0 aromatic carbocycles. The van der Waals surface area contributed by atoms with Gasteiger partial charge in [-0.2, -0.15) is 0 Å². The number of hydrogen-bond donors (Lipinski definition) is 9. The lowest BCUT2D eigenvalue weighted by Gasteiger charge is -2.41. The minimum Gasteiger partial charge on any atom is -0.393 e. The molecule has 0 aromatic heterocycles. The van der Waals surface area contributed by atoms with Crippen molar-refractivity contribution in [2.24, 2.45) is 0 Å². The summed E-state index contributed by atoms with van der Waals surface area (Å²) in [6.45, 7) is 3.81. The van der Waals surface area contributed by atoms with Gasteiger partial charge in [-0.05, 0) is 38.5 Å². The average molecular weight is 936 g/mol. The van der Waals surface area contributed by atoms with Gasteiger partial charge in [0.25, 0.3) is 0 Å². The molecule has 9 N–H and O–H groups in total. The number of hydrogen-bond acceptors (Lipinski definition) is 11. The van der Waals surface area contributed by atoms with Crippen molar-refractivity contribution >= 4 is 13.7 Å². The largest absolute Gasteiger partial charge is 0.472 e. The summed E-state index contributed by atoms with van der Waals surface area (Å²) in [5.41, 5.74) is 0. The van der Waals surface area contributed by atoms with Crippen molar-refractivity contribution in [3.63, 3.8) is 0 Å². The van der Waals surface area contributed by atoms with Crippen molar-refractivity contribution < 1.29 is 59.0 Å². The molecule has 8 unspecified atom stereocenters. The lowest BCUT2D eigenvalue weighted by atomic mass is 9.85.